The summed E-state index contributed by atoms with van der Waals surface area (Å²) in [5, 5.41) is 10.1. The maximum absolute atomic E-state index is 12.9. The molecule has 0 saturated carbocycles. The van der Waals surface area contributed by atoms with Crippen LogP contribution in [0.1, 0.15) is 30.9 Å². The van der Waals surface area contributed by atoms with Gasteiger partial charge >= 0.3 is 6.09 Å². The summed E-state index contributed by atoms with van der Waals surface area (Å²) in [5.74, 6) is -0.464. The molecule has 1 saturated heterocycles. The Balaban J connectivity index is 1.56. The molecule has 0 unspecified atom stereocenters. The SMILES string of the molecule is O=C(CCC[C@H](O)c1ccc(F)cc1)[C@@H]1COC(=O)N1c1ccccc1. The number of benzene rings is 2. The van der Waals surface area contributed by atoms with Crippen molar-refractivity contribution in [1.29, 1.82) is 0 Å². The molecule has 3 rings (SSSR count). The van der Waals surface area contributed by atoms with Crippen molar-refractivity contribution in [2.24, 2.45) is 0 Å². The Morgan fingerprint density at radius 3 is 2.58 bits per heavy atom. The number of ether oxygens (including phenoxy) is 1. The van der Waals surface area contributed by atoms with Gasteiger partial charge in [0, 0.05) is 12.1 Å². The number of rotatable bonds is 7. The minimum atomic E-state index is -0.755. The number of halogens is 1. The second-order valence-corrected chi connectivity index (χ2v) is 6.22. The third kappa shape index (κ3) is 4.08. The molecule has 2 atom stereocenters. The van der Waals surface area contributed by atoms with Crippen LogP contribution in [0.25, 0.3) is 0 Å². The molecule has 1 aliphatic rings. The summed E-state index contributed by atoms with van der Waals surface area (Å²) in [6.07, 6.45) is -0.214. The lowest BCUT2D eigenvalue weighted by Crippen LogP contribution is -2.39. The average Bonchev–Trinajstić information content (AvgIpc) is 3.04. The standard InChI is InChI=1S/C20H20FNO4/c21-15-11-9-14(10-12-15)18(23)7-4-8-19(24)17-13-26-20(25)22(17)16-5-2-1-3-6-16/h1-3,5-6,9-12,17-18,23H,4,7-8,13H2/t17-,18-/m0/s1. The Bertz CT molecular complexity index is 763. The topological polar surface area (TPSA) is 66.8 Å². The van der Waals surface area contributed by atoms with E-state index in [0.717, 1.165) is 0 Å². The number of hydrogen-bond donors (Lipinski definition) is 1. The van der Waals surface area contributed by atoms with Crippen molar-refractivity contribution in [2.45, 2.75) is 31.4 Å². The minimum Gasteiger partial charge on any atom is -0.446 e. The van der Waals surface area contributed by atoms with Gasteiger partial charge in [-0.1, -0.05) is 30.3 Å². The first kappa shape index (κ1) is 18.1. The van der Waals surface area contributed by atoms with Crippen LogP contribution >= 0.6 is 0 Å². The summed E-state index contributed by atoms with van der Waals surface area (Å²) in [5.41, 5.74) is 1.24. The van der Waals surface area contributed by atoms with Crippen molar-refractivity contribution in [3.63, 3.8) is 0 Å². The molecule has 1 heterocycles. The van der Waals surface area contributed by atoms with Gasteiger partial charge in [-0.15, -0.1) is 0 Å². The number of cyclic esters (lactones) is 1. The van der Waals surface area contributed by atoms with Gasteiger partial charge in [0.2, 0.25) is 0 Å². The molecule has 0 radical (unpaired) electrons. The molecule has 0 spiro atoms. The lowest BCUT2D eigenvalue weighted by atomic mass is 10.0. The van der Waals surface area contributed by atoms with E-state index in [4.69, 9.17) is 4.74 Å². The van der Waals surface area contributed by atoms with Gasteiger partial charge in [0.25, 0.3) is 0 Å². The molecular formula is C20H20FNO4. The predicted molar refractivity (Wildman–Crippen MR) is 94.3 cm³/mol. The molecular weight excluding hydrogens is 337 g/mol. The lowest BCUT2D eigenvalue weighted by molar-refractivity contribution is -0.120. The summed E-state index contributed by atoms with van der Waals surface area (Å²) < 4.78 is 18.0. The van der Waals surface area contributed by atoms with Crippen molar-refractivity contribution < 1.29 is 23.8 Å². The average molecular weight is 357 g/mol. The quantitative estimate of drug-likeness (QED) is 0.822. The highest BCUT2D eigenvalue weighted by molar-refractivity contribution is 6.00. The van der Waals surface area contributed by atoms with E-state index in [9.17, 15) is 19.1 Å². The summed E-state index contributed by atoms with van der Waals surface area (Å²) >= 11 is 0. The second kappa shape index (κ2) is 8.10. The summed E-state index contributed by atoms with van der Waals surface area (Å²) in [4.78, 5) is 25.9. The third-order valence-corrected chi connectivity index (χ3v) is 4.43. The molecule has 0 bridgehead atoms. The number of hydrogen-bond acceptors (Lipinski definition) is 4. The Hall–Kier alpha value is -2.73. The Kier molecular flexibility index (Phi) is 5.63. The summed E-state index contributed by atoms with van der Waals surface area (Å²) in [6, 6.07) is 13.9. The van der Waals surface area contributed by atoms with E-state index in [1.165, 1.54) is 29.2 Å². The van der Waals surface area contributed by atoms with Crippen LogP contribution in [-0.4, -0.2) is 29.6 Å². The number of anilines is 1. The van der Waals surface area contributed by atoms with E-state index in [0.29, 0.717) is 24.1 Å². The number of amides is 1. The molecule has 2 aromatic carbocycles. The number of nitrogens with zero attached hydrogens (tertiary/aromatic N) is 1. The molecule has 0 aliphatic carbocycles. The van der Waals surface area contributed by atoms with Crippen LogP contribution in [0, 0.1) is 5.82 Å². The van der Waals surface area contributed by atoms with Crippen LogP contribution in [0.4, 0.5) is 14.9 Å². The fourth-order valence-electron chi connectivity index (χ4n) is 3.02. The van der Waals surface area contributed by atoms with E-state index >= 15 is 0 Å². The number of ketones is 1. The normalized spacial score (nSPS) is 17.8. The van der Waals surface area contributed by atoms with Crippen molar-refractivity contribution in [3.8, 4) is 0 Å². The number of carbonyl (C=O) groups is 2. The molecule has 0 aromatic heterocycles. The van der Waals surface area contributed by atoms with Crippen LogP contribution in [0.5, 0.6) is 0 Å². The molecule has 5 nitrogen and oxygen atoms in total. The molecule has 1 aliphatic heterocycles. The summed E-state index contributed by atoms with van der Waals surface area (Å²) in [7, 11) is 0. The summed E-state index contributed by atoms with van der Waals surface area (Å²) in [6.45, 7) is 0.0348. The van der Waals surface area contributed by atoms with E-state index in [2.05, 4.69) is 0 Å². The number of para-hydroxylation sites is 1. The fraction of sp³-hybridized carbons (Fsp3) is 0.300. The van der Waals surface area contributed by atoms with Gasteiger partial charge in [-0.3, -0.25) is 9.69 Å². The third-order valence-electron chi connectivity index (χ3n) is 4.43. The van der Waals surface area contributed by atoms with Gasteiger partial charge < -0.3 is 9.84 Å². The van der Waals surface area contributed by atoms with Crippen molar-refractivity contribution in [2.75, 3.05) is 11.5 Å². The second-order valence-electron chi connectivity index (χ2n) is 6.22. The minimum absolute atomic E-state index is 0.0348. The van der Waals surface area contributed by atoms with Crippen LogP contribution in [0.2, 0.25) is 0 Å². The fourth-order valence-corrected chi connectivity index (χ4v) is 3.02. The van der Waals surface area contributed by atoms with Gasteiger partial charge in [-0.05, 0) is 42.7 Å². The Labute approximate surface area is 151 Å². The van der Waals surface area contributed by atoms with E-state index in [1.54, 1.807) is 24.3 Å². The van der Waals surface area contributed by atoms with E-state index in [-0.39, 0.29) is 24.6 Å². The molecule has 6 heteroatoms. The van der Waals surface area contributed by atoms with Gasteiger partial charge in [0.05, 0.1) is 6.10 Å². The van der Waals surface area contributed by atoms with Gasteiger partial charge in [-0.25, -0.2) is 9.18 Å². The first-order valence-corrected chi connectivity index (χ1v) is 8.53. The van der Waals surface area contributed by atoms with Crippen molar-refractivity contribution in [3.05, 3.63) is 66.0 Å². The maximum atomic E-state index is 12.9. The van der Waals surface area contributed by atoms with Crippen molar-refractivity contribution in [1.82, 2.24) is 0 Å². The van der Waals surface area contributed by atoms with E-state index in [1.807, 2.05) is 6.07 Å². The monoisotopic (exact) mass is 357 g/mol. The molecule has 26 heavy (non-hydrogen) atoms. The maximum Gasteiger partial charge on any atom is 0.415 e. The molecule has 136 valence electrons. The first-order chi connectivity index (χ1) is 12.6. The smallest absolute Gasteiger partial charge is 0.415 e. The van der Waals surface area contributed by atoms with Gasteiger partial charge in [0.15, 0.2) is 5.78 Å². The van der Waals surface area contributed by atoms with Crippen LogP contribution < -0.4 is 4.90 Å². The van der Waals surface area contributed by atoms with Crippen LogP contribution in [0.3, 0.4) is 0 Å². The largest absolute Gasteiger partial charge is 0.446 e. The highest BCUT2D eigenvalue weighted by Crippen LogP contribution is 2.25. The first-order valence-electron chi connectivity index (χ1n) is 8.53. The number of aliphatic hydroxyl groups is 1. The number of Topliss-reactive ketones (excluding diaryl/α,β-unsaturated/α-hetero) is 1. The molecule has 1 N–H and O–H groups in total. The van der Waals surface area contributed by atoms with Crippen LogP contribution in [-0.2, 0) is 9.53 Å². The highest BCUT2D eigenvalue weighted by Gasteiger charge is 2.38. The zero-order valence-electron chi connectivity index (χ0n) is 14.2. The number of carbonyl (C=O) groups excluding carboxylic acids is 2. The molecule has 1 amide bonds. The Morgan fingerprint density at radius 1 is 1.19 bits per heavy atom. The van der Waals surface area contributed by atoms with Gasteiger partial charge in [0.1, 0.15) is 18.5 Å². The Morgan fingerprint density at radius 2 is 1.88 bits per heavy atom. The molecule has 2 aromatic rings. The van der Waals surface area contributed by atoms with Crippen molar-refractivity contribution >= 4 is 17.6 Å². The van der Waals surface area contributed by atoms with Gasteiger partial charge in [-0.2, -0.15) is 0 Å². The highest BCUT2D eigenvalue weighted by atomic mass is 19.1. The zero-order valence-corrected chi connectivity index (χ0v) is 14.2. The van der Waals surface area contributed by atoms with Crippen LogP contribution in [0.15, 0.2) is 54.6 Å². The lowest BCUT2D eigenvalue weighted by Gasteiger charge is -2.20. The molecule has 1 fully saturated rings. The predicted octanol–water partition coefficient (Wildman–Crippen LogP) is 3.62. The zero-order chi connectivity index (χ0) is 18.5. The number of aliphatic hydroxyl groups excluding tert-OH is 1. The van der Waals surface area contributed by atoms with E-state index < -0.39 is 18.2 Å².